The number of nitrogens with zero attached hydrogens (tertiary/aromatic N) is 1. The van der Waals surface area contributed by atoms with Crippen LogP contribution in [-0.4, -0.2) is 18.4 Å². The maximum atomic E-state index is 8.78. The lowest BCUT2D eigenvalue weighted by Gasteiger charge is -2.14. The largest absolute Gasteiger partial charge is 0.496 e. The van der Waals surface area contributed by atoms with E-state index in [0.717, 1.165) is 16.4 Å². The highest BCUT2D eigenvalue weighted by molar-refractivity contribution is 7.99. The number of hydrogen-bond acceptors (Lipinski definition) is 4. The van der Waals surface area contributed by atoms with E-state index in [1.165, 1.54) is 0 Å². The predicted octanol–water partition coefficient (Wildman–Crippen LogP) is 2.42. The van der Waals surface area contributed by atoms with Gasteiger partial charge in [0.1, 0.15) is 11.3 Å². The van der Waals surface area contributed by atoms with Crippen molar-refractivity contribution in [3.05, 3.63) is 24.3 Å². The van der Waals surface area contributed by atoms with Crippen LogP contribution < -0.4 is 10.5 Å². The maximum Gasteiger partial charge on any atom is 0.132 e. The summed E-state index contributed by atoms with van der Waals surface area (Å²) in [7, 11) is 1.65. The highest BCUT2D eigenvalue weighted by atomic mass is 32.2. The van der Waals surface area contributed by atoms with Gasteiger partial charge in [-0.2, -0.15) is 5.26 Å². The normalized spacial score (nSPS) is 13.9. The van der Waals surface area contributed by atoms with E-state index in [-0.39, 0.29) is 0 Å². The molecule has 1 atom stereocenters. The summed E-state index contributed by atoms with van der Waals surface area (Å²) in [4.78, 5) is 1.08. The van der Waals surface area contributed by atoms with E-state index in [1.807, 2.05) is 24.3 Å². The van der Waals surface area contributed by atoms with E-state index < -0.39 is 5.54 Å². The summed E-state index contributed by atoms with van der Waals surface area (Å²) in [5.74, 6) is 1.67. The van der Waals surface area contributed by atoms with Gasteiger partial charge in [0.15, 0.2) is 0 Å². The van der Waals surface area contributed by atoms with Crippen molar-refractivity contribution in [2.75, 3.05) is 12.9 Å². The molecule has 0 heterocycles. The third kappa shape index (κ3) is 3.76. The number of benzene rings is 1. The average Bonchev–Trinajstić information content (AvgIpc) is 2.29. The first-order valence-electron chi connectivity index (χ1n) is 5.05. The first-order valence-corrected chi connectivity index (χ1v) is 6.03. The smallest absolute Gasteiger partial charge is 0.132 e. The molecular weight excluding hydrogens is 220 g/mol. The van der Waals surface area contributed by atoms with Crippen LogP contribution >= 0.6 is 11.8 Å². The van der Waals surface area contributed by atoms with Crippen LogP contribution in [0.15, 0.2) is 29.2 Å². The van der Waals surface area contributed by atoms with Gasteiger partial charge in [-0.25, -0.2) is 0 Å². The van der Waals surface area contributed by atoms with Gasteiger partial charge in [0, 0.05) is 10.6 Å². The molecule has 0 saturated carbocycles. The Morgan fingerprint density at radius 1 is 1.50 bits per heavy atom. The zero-order chi connectivity index (χ0) is 12.0. The lowest BCUT2D eigenvalue weighted by Crippen LogP contribution is -2.34. The topological polar surface area (TPSA) is 59.0 Å². The van der Waals surface area contributed by atoms with Gasteiger partial charge >= 0.3 is 0 Å². The predicted molar refractivity (Wildman–Crippen MR) is 66.5 cm³/mol. The minimum Gasteiger partial charge on any atom is -0.496 e. The molecule has 0 spiro atoms. The van der Waals surface area contributed by atoms with Crippen molar-refractivity contribution in [1.29, 1.82) is 5.26 Å². The van der Waals surface area contributed by atoms with E-state index in [0.29, 0.717) is 6.42 Å². The van der Waals surface area contributed by atoms with Gasteiger partial charge in [-0.1, -0.05) is 12.1 Å². The minimum atomic E-state index is -0.741. The molecule has 2 N–H and O–H groups in total. The quantitative estimate of drug-likeness (QED) is 0.798. The van der Waals surface area contributed by atoms with Gasteiger partial charge in [0.2, 0.25) is 0 Å². The van der Waals surface area contributed by atoms with Gasteiger partial charge in [-0.15, -0.1) is 11.8 Å². The van der Waals surface area contributed by atoms with Crippen molar-refractivity contribution in [3.63, 3.8) is 0 Å². The van der Waals surface area contributed by atoms with E-state index in [1.54, 1.807) is 25.8 Å². The van der Waals surface area contributed by atoms with Crippen LogP contribution in [0.4, 0.5) is 0 Å². The van der Waals surface area contributed by atoms with E-state index >= 15 is 0 Å². The first kappa shape index (κ1) is 12.9. The molecule has 3 nitrogen and oxygen atoms in total. The highest BCUT2D eigenvalue weighted by Crippen LogP contribution is 2.29. The van der Waals surface area contributed by atoms with Crippen molar-refractivity contribution in [1.82, 2.24) is 0 Å². The molecule has 1 aromatic rings. The van der Waals surface area contributed by atoms with Crippen LogP contribution in [-0.2, 0) is 0 Å². The highest BCUT2D eigenvalue weighted by Gasteiger charge is 2.16. The molecule has 86 valence electrons. The third-order valence-corrected chi connectivity index (χ3v) is 3.26. The Morgan fingerprint density at radius 3 is 2.81 bits per heavy atom. The summed E-state index contributed by atoms with van der Waals surface area (Å²) < 4.78 is 5.24. The Labute approximate surface area is 101 Å². The number of nitrogens with two attached hydrogens (primary N) is 1. The minimum absolute atomic E-state index is 0.659. The zero-order valence-electron chi connectivity index (χ0n) is 9.56. The Bertz CT molecular complexity index is 385. The van der Waals surface area contributed by atoms with Crippen LogP contribution in [0.3, 0.4) is 0 Å². The molecule has 0 radical (unpaired) electrons. The number of para-hydroxylation sites is 1. The van der Waals surface area contributed by atoms with Crippen molar-refractivity contribution in [2.45, 2.75) is 23.8 Å². The summed E-state index contributed by atoms with van der Waals surface area (Å²) in [6.07, 6.45) is 0.659. The molecule has 1 unspecified atom stereocenters. The van der Waals surface area contributed by atoms with Gasteiger partial charge < -0.3 is 10.5 Å². The summed E-state index contributed by atoms with van der Waals surface area (Å²) in [6.45, 7) is 1.75. The Morgan fingerprint density at radius 2 is 2.19 bits per heavy atom. The molecule has 1 aromatic carbocycles. The van der Waals surface area contributed by atoms with E-state index in [2.05, 4.69) is 6.07 Å². The molecule has 0 aromatic heterocycles. The number of thioether (sulfide) groups is 1. The molecule has 16 heavy (non-hydrogen) atoms. The van der Waals surface area contributed by atoms with Crippen molar-refractivity contribution in [2.24, 2.45) is 5.73 Å². The average molecular weight is 236 g/mol. The number of methoxy groups -OCH3 is 1. The summed E-state index contributed by atoms with van der Waals surface area (Å²) in [6, 6.07) is 9.92. The first-order chi connectivity index (χ1) is 7.59. The van der Waals surface area contributed by atoms with Gasteiger partial charge in [0.25, 0.3) is 0 Å². The van der Waals surface area contributed by atoms with Crippen molar-refractivity contribution < 1.29 is 4.74 Å². The van der Waals surface area contributed by atoms with Crippen molar-refractivity contribution >= 4 is 11.8 Å². The Balaban J connectivity index is 2.53. The summed E-state index contributed by atoms with van der Waals surface area (Å²) >= 11 is 1.66. The number of hydrogen-bond donors (Lipinski definition) is 1. The molecule has 0 fully saturated rings. The SMILES string of the molecule is COc1ccccc1SCCC(C)(N)C#N. The molecular formula is C12H16N2OS. The van der Waals surface area contributed by atoms with E-state index in [9.17, 15) is 0 Å². The molecule has 0 aliphatic carbocycles. The lowest BCUT2D eigenvalue weighted by molar-refractivity contribution is 0.405. The monoisotopic (exact) mass is 236 g/mol. The second kappa shape index (κ2) is 5.78. The van der Waals surface area contributed by atoms with Crippen LogP contribution in [0.2, 0.25) is 0 Å². The lowest BCUT2D eigenvalue weighted by atomic mass is 10.0. The van der Waals surface area contributed by atoms with Gasteiger partial charge in [-0.05, 0) is 25.5 Å². The number of rotatable bonds is 5. The maximum absolute atomic E-state index is 8.78. The second-order valence-electron chi connectivity index (χ2n) is 3.78. The number of ether oxygens (including phenoxy) is 1. The fourth-order valence-corrected chi connectivity index (χ4v) is 2.38. The third-order valence-electron chi connectivity index (χ3n) is 2.20. The summed E-state index contributed by atoms with van der Waals surface area (Å²) in [5, 5.41) is 8.78. The standard InChI is InChI=1S/C12H16N2OS/c1-12(14,9-13)7-8-16-11-6-4-3-5-10(11)15-2/h3-6H,7-8,14H2,1-2H3. The Hall–Kier alpha value is -1.18. The van der Waals surface area contributed by atoms with Gasteiger partial charge in [-0.3, -0.25) is 0 Å². The van der Waals surface area contributed by atoms with E-state index in [4.69, 9.17) is 15.7 Å². The van der Waals surface area contributed by atoms with Crippen LogP contribution in [0.5, 0.6) is 5.75 Å². The van der Waals surface area contributed by atoms with Crippen LogP contribution in [0.25, 0.3) is 0 Å². The summed E-state index contributed by atoms with van der Waals surface area (Å²) in [5.41, 5.74) is 5.00. The van der Waals surface area contributed by atoms with Crippen molar-refractivity contribution in [3.8, 4) is 11.8 Å². The van der Waals surface area contributed by atoms with Gasteiger partial charge in [0.05, 0.1) is 13.2 Å². The Kier molecular flexibility index (Phi) is 4.66. The molecule has 0 amide bonds. The number of nitriles is 1. The molecule has 4 heteroatoms. The fraction of sp³-hybridized carbons (Fsp3) is 0.417. The van der Waals surface area contributed by atoms with Crippen LogP contribution in [0.1, 0.15) is 13.3 Å². The molecule has 1 rings (SSSR count). The second-order valence-corrected chi connectivity index (χ2v) is 4.92. The molecule has 0 bridgehead atoms. The molecule has 0 aliphatic rings. The van der Waals surface area contributed by atoms with Crippen LogP contribution in [0, 0.1) is 11.3 Å². The zero-order valence-corrected chi connectivity index (χ0v) is 10.4. The molecule has 0 aliphatic heterocycles. The molecule has 0 saturated heterocycles. The fourth-order valence-electron chi connectivity index (χ4n) is 1.17.